The standard InChI is InChI=1S/C14H19FN2O3/c1-8(2)17-12(18)4-5-20-14(19)11-7-10(16)6-9(3)13(11)15/h6-8H,4-5,16H2,1-3H3,(H,17,18). The van der Waals surface area contributed by atoms with Crippen molar-refractivity contribution in [3.8, 4) is 0 Å². The largest absolute Gasteiger partial charge is 0.461 e. The summed E-state index contributed by atoms with van der Waals surface area (Å²) >= 11 is 0. The van der Waals surface area contributed by atoms with Crippen LogP contribution in [-0.4, -0.2) is 24.5 Å². The number of carbonyl (C=O) groups is 2. The van der Waals surface area contributed by atoms with Crippen molar-refractivity contribution < 1.29 is 18.7 Å². The normalized spacial score (nSPS) is 10.4. The molecule has 0 spiro atoms. The van der Waals surface area contributed by atoms with Crippen molar-refractivity contribution in [1.29, 1.82) is 0 Å². The first kappa shape index (κ1) is 15.9. The number of carbonyl (C=O) groups excluding carboxylic acids is 2. The molecule has 0 radical (unpaired) electrons. The Hall–Kier alpha value is -2.11. The van der Waals surface area contributed by atoms with E-state index in [9.17, 15) is 14.0 Å². The van der Waals surface area contributed by atoms with E-state index in [1.54, 1.807) is 0 Å². The van der Waals surface area contributed by atoms with Crippen LogP contribution < -0.4 is 11.1 Å². The van der Waals surface area contributed by atoms with Crippen molar-refractivity contribution in [3.05, 3.63) is 29.1 Å². The van der Waals surface area contributed by atoms with Crippen LogP contribution in [0.5, 0.6) is 0 Å². The lowest BCUT2D eigenvalue weighted by atomic mass is 10.1. The van der Waals surface area contributed by atoms with Gasteiger partial charge >= 0.3 is 5.97 Å². The number of aryl methyl sites for hydroxylation is 1. The molecule has 6 heteroatoms. The molecule has 20 heavy (non-hydrogen) atoms. The quantitative estimate of drug-likeness (QED) is 0.637. The van der Waals surface area contributed by atoms with E-state index in [0.29, 0.717) is 0 Å². The highest BCUT2D eigenvalue weighted by atomic mass is 19.1. The van der Waals surface area contributed by atoms with Crippen molar-refractivity contribution in [2.45, 2.75) is 33.2 Å². The summed E-state index contributed by atoms with van der Waals surface area (Å²) in [5.74, 6) is -1.71. The maximum atomic E-state index is 13.8. The van der Waals surface area contributed by atoms with Crippen LogP contribution in [0.2, 0.25) is 0 Å². The van der Waals surface area contributed by atoms with Crippen LogP contribution in [0.4, 0.5) is 10.1 Å². The summed E-state index contributed by atoms with van der Waals surface area (Å²) in [6.45, 7) is 5.06. The molecular formula is C14H19FN2O3. The maximum absolute atomic E-state index is 13.8. The lowest BCUT2D eigenvalue weighted by Gasteiger charge is -2.10. The highest BCUT2D eigenvalue weighted by molar-refractivity contribution is 5.91. The van der Waals surface area contributed by atoms with Crippen LogP contribution in [0.15, 0.2) is 12.1 Å². The van der Waals surface area contributed by atoms with Gasteiger partial charge in [-0.25, -0.2) is 9.18 Å². The molecule has 5 nitrogen and oxygen atoms in total. The first-order chi connectivity index (χ1) is 9.31. The zero-order valence-corrected chi connectivity index (χ0v) is 11.8. The Morgan fingerprint density at radius 2 is 2.05 bits per heavy atom. The second kappa shape index (κ2) is 6.88. The van der Waals surface area contributed by atoms with Crippen molar-refractivity contribution in [2.75, 3.05) is 12.3 Å². The van der Waals surface area contributed by atoms with Crippen molar-refractivity contribution >= 4 is 17.6 Å². The minimum atomic E-state index is -0.824. The van der Waals surface area contributed by atoms with Gasteiger partial charge in [0, 0.05) is 11.7 Å². The Bertz CT molecular complexity index is 515. The molecule has 110 valence electrons. The van der Waals surface area contributed by atoms with E-state index >= 15 is 0 Å². The number of ether oxygens (including phenoxy) is 1. The number of nitrogens with one attached hydrogen (secondary N) is 1. The van der Waals surface area contributed by atoms with E-state index in [-0.39, 0.29) is 41.8 Å². The predicted molar refractivity (Wildman–Crippen MR) is 73.7 cm³/mol. The van der Waals surface area contributed by atoms with E-state index in [0.717, 1.165) is 0 Å². The van der Waals surface area contributed by atoms with E-state index in [1.807, 2.05) is 13.8 Å². The highest BCUT2D eigenvalue weighted by Crippen LogP contribution is 2.18. The molecule has 3 N–H and O–H groups in total. The summed E-state index contributed by atoms with van der Waals surface area (Å²) in [7, 11) is 0. The number of benzene rings is 1. The Balaban J connectivity index is 2.58. The number of esters is 1. The molecule has 0 aliphatic heterocycles. The third-order valence-corrected chi connectivity index (χ3v) is 2.51. The molecule has 0 saturated carbocycles. The molecule has 0 atom stereocenters. The average Bonchev–Trinajstić information content (AvgIpc) is 2.32. The second-order valence-corrected chi connectivity index (χ2v) is 4.81. The van der Waals surface area contributed by atoms with Crippen LogP contribution >= 0.6 is 0 Å². The topological polar surface area (TPSA) is 81.4 Å². The summed E-state index contributed by atoms with van der Waals surface area (Å²) in [6, 6.07) is 2.67. The molecule has 0 saturated heterocycles. The Morgan fingerprint density at radius 3 is 2.65 bits per heavy atom. The number of nitrogen functional groups attached to an aromatic ring is 1. The van der Waals surface area contributed by atoms with Crippen LogP contribution in [0.1, 0.15) is 36.2 Å². The molecule has 0 heterocycles. The molecule has 0 bridgehead atoms. The number of halogens is 1. The monoisotopic (exact) mass is 282 g/mol. The number of anilines is 1. The number of hydrogen-bond acceptors (Lipinski definition) is 4. The second-order valence-electron chi connectivity index (χ2n) is 4.81. The predicted octanol–water partition coefficient (Wildman–Crippen LogP) is 1.79. The number of amides is 1. The van der Waals surface area contributed by atoms with Gasteiger partial charge in [0.25, 0.3) is 0 Å². The lowest BCUT2D eigenvalue weighted by molar-refractivity contribution is -0.122. The van der Waals surface area contributed by atoms with Crippen LogP contribution in [0.25, 0.3) is 0 Å². The van der Waals surface area contributed by atoms with Gasteiger partial charge in [0.1, 0.15) is 12.4 Å². The van der Waals surface area contributed by atoms with E-state index in [4.69, 9.17) is 10.5 Å². The number of rotatable bonds is 5. The maximum Gasteiger partial charge on any atom is 0.341 e. The Kier molecular flexibility index (Phi) is 5.49. The fourth-order valence-electron chi connectivity index (χ4n) is 1.65. The van der Waals surface area contributed by atoms with Crippen molar-refractivity contribution in [3.63, 3.8) is 0 Å². The van der Waals surface area contributed by atoms with Gasteiger partial charge in [-0.05, 0) is 38.5 Å². The SMILES string of the molecule is Cc1cc(N)cc(C(=O)OCCC(=O)NC(C)C)c1F. The van der Waals surface area contributed by atoms with Crippen LogP contribution in [-0.2, 0) is 9.53 Å². The minimum Gasteiger partial charge on any atom is -0.461 e. The highest BCUT2D eigenvalue weighted by Gasteiger charge is 2.16. The van der Waals surface area contributed by atoms with Crippen molar-refractivity contribution in [2.24, 2.45) is 0 Å². The van der Waals surface area contributed by atoms with Gasteiger partial charge in [-0.2, -0.15) is 0 Å². The summed E-state index contributed by atoms with van der Waals surface area (Å²) in [4.78, 5) is 23.1. The molecule has 1 rings (SSSR count). The first-order valence-electron chi connectivity index (χ1n) is 6.33. The number of nitrogens with two attached hydrogens (primary N) is 1. The Labute approximate surface area is 117 Å². The van der Waals surface area contributed by atoms with Gasteiger partial charge < -0.3 is 15.8 Å². The summed E-state index contributed by atoms with van der Waals surface area (Å²) in [5, 5.41) is 2.66. The first-order valence-corrected chi connectivity index (χ1v) is 6.33. The molecule has 1 aromatic carbocycles. The van der Waals surface area contributed by atoms with Gasteiger partial charge in [0.2, 0.25) is 5.91 Å². The number of hydrogen-bond donors (Lipinski definition) is 2. The van der Waals surface area contributed by atoms with Gasteiger partial charge in [-0.1, -0.05) is 0 Å². The summed E-state index contributed by atoms with van der Waals surface area (Å²) in [6.07, 6.45) is 0.0346. The molecular weight excluding hydrogens is 263 g/mol. The fraction of sp³-hybridized carbons (Fsp3) is 0.429. The average molecular weight is 282 g/mol. The third kappa shape index (κ3) is 4.53. The molecule has 0 aliphatic carbocycles. The van der Waals surface area contributed by atoms with Gasteiger partial charge in [-0.15, -0.1) is 0 Å². The van der Waals surface area contributed by atoms with E-state index in [2.05, 4.69) is 5.32 Å². The molecule has 0 fully saturated rings. The fourth-order valence-corrected chi connectivity index (χ4v) is 1.65. The summed E-state index contributed by atoms with van der Waals surface area (Å²) in [5.41, 5.74) is 5.90. The Morgan fingerprint density at radius 1 is 1.40 bits per heavy atom. The van der Waals surface area contributed by atoms with Gasteiger partial charge in [-0.3, -0.25) is 4.79 Å². The van der Waals surface area contributed by atoms with Crippen molar-refractivity contribution in [1.82, 2.24) is 5.32 Å². The molecule has 1 amide bonds. The molecule has 1 aromatic rings. The van der Waals surface area contributed by atoms with Gasteiger partial charge in [0.05, 0.1) is 12.0 Å². The minimum absolute atomic E-state index is 0.0206. The third-order valence-electron chi connectivity index (χ3n) is 2.51. The molecule has 0 unspecified atom stereocenters. The van der Waals surface area contributed by atoms with Crippen LogP contribution in [0, 0.1) is 12.7 Å². The summed E-state index contributed by atoms with van der Waals surface area (Å²) < 4.78 is 18.6. The lowest BCUT2D eigenvalue weighted by Crippen LogP contribution is -2.31. The smallest absolute Gasteiger partial charge is 0.341 e. The molecule has 0 aliphatic rings. The zero-order valence-electron chi connectivity index (χ0n) is 11.8. The van der Waals surface area contributed by atoms with E-state index in [1.165, 1.54) is 19.1 Å². The molecule has 0 aromatic heterocycles. The van der Waals surface area contributed by atoms with Gasteiger partial charge in [0.15, 0.2) is 0 Å². The zero-order chi connectivity index (χ0) is 15.3. The van der Waals surface area contributed by atoms with Crippen LogP contribution in [0.3, 0.4) is 0 Å². The van der Waals surface area contributed by atoms with E-state index < -0.39 is 11.8 Å².